The van der Waals surface area contributed by atoms with Crippen molar-refractivity contribution in [3.63, 3.8) is 0 Å². The van der Waals surface area contributed by atoms with Crippen LogP contribution in [0.3, 0.4) is 0 Å². The van der Waals surface area contributed by atoms with Gasteiger partial charge in [0.25, 0.3) is 0 Å². The zero-order valence-corrected chi connectivity index (χ0v) is 23.0. The predicted octanol–water partition coefficient (Wildman–Crippen LogP) is 8.69. The van der Waals surface area contributed by atoms with Gasteiger partial charge in [0.05, 0.1) is 5.56 Å². The van der Waals surface area contributed by atoms with Gasteiger partial charge in [-0.1, -0.05) is 58.0 Å². The Morgan fingerprint density at radius 1 is 0.806 bits per heavy atom. The van der Waals surface area contributed by atoms with E-state index in [1.807, 2.05) is 0 Å². The van der Waals surface area contributed by atoms with E-state index in [1.165, 1.54) is 35.1 Å². The van der Waals surface area contributed by atoms with Crippen molar-refractivity contribution in [3.8, 4) is 22.4 Å². The molecule has 5 aromatic rings. The zero-order valence-electron chi connectivity index (χ0n) is 22.1. The minimum atomic E-state index is 0.152. The Morgan fingerprint density at radius 2 is 1.56 bits per heavy atom. The van der Waals surface area contributed by atoms with Gasteiger partial charge in [-0.2, -0.15) is 0 Å². The third-order valence-electron chi connectivity index (χ3n) is 8.41. The topological polar surface area (TPSA) is 17.0 Å². The number of aryl methyl sites for hydroxylation is 2. The summed E-state index contributed by atoms with van der Waals surface area (Å²) in [6.45, 7) is 11.7. The highest BCUT2D eigenvalue weighted by atomic mass is 32.1. The number of rotatable bonds is 2. The lowest BCUT2D eigenvalue weighted by Gasteiger charge is -2.42. The van der Waals surface area contributed by atoms with Crippen LogP contribution in [-0.4, -0.2) is 0 Å². The van der Waals surface area contributed by atoms with E-state index in [1.54, 1.807) is 0 Å². The lowest BCUT2D eigenvalue weighted by atomic mass is 9.63. The molecule has 0 saturated carbocycles. The minimum absolute atomic E-state index is 0.152. The van der Waals surface area contributed by atoms with E-state index in [-0.39, 0.29) is 10.8 Å². The summed E-state index contributed by atoms with van der Waals surface area (Å²) in [5.41, 5.74) is 10.9. The molecular formula is C33H34NOS+. The fourth-order valence-corrected chi connectivity index (χ4v) is 6.36. The lowest BCUT2D eigenvalue weighted by Crippen LogP contribution is -2.33. The van der Waals surface area contributed by atoms with Crippen molar-refractivity contribution in [1.82, 2.24) is 0 Å². The van der Waals surface area contributed by atoms with E-state index in [0.29, 0.717) is 0 Å². The molecule has 2 nitrogen and oxygen atoms in total. The summed E-state index contributed by atoms with van der Waals surface area (Å²) in [5.74, 6) is 0. The molecule has 182 valence electrons. The van der Waals surface area contributed by atoms with Crippen molar-refractivity contribution >= 4 is 34.6 Å². The largest absolute Gasteiger partial charge is 0.454 e. The molecule has 6 rings (SSSR count). The first-order valence-electron chi connectivity index (χ1n) is 12.9. The zero-order chi connectivity index (χ0) is 25.4. The normalized spacial score (nSPS) is 16.4. The number of hydrogen-bond donors (Lipinski definition) is 1. The van der Waals surface area contributed by atoms with Crippen LogP contribution in [0, 0.1) is 6.92 Å². The van der Waals surface area contributed by atoms with Crippen LogP contribution in [0.15, 0.2) is 76.2 Å². The third-order valence-corrected chi connectivity index (χ3v) is 8.67. The Labute approximate surface area is 219 Å². The van der Waals surface area contributed by atoms with Crippen molar-refractivity contribution in [2.24, 2.45) is 7.05 Å². The Kier molecular flexibility index (Phi) is 5.18. The van der Waals surface area contributed by atoms with Gasteiger partial charge in [-0.05, 0) is 71.0 Å². The molecule has 0 N–H and O–H groups in total. The van der Waals surface area contributed by atoms with E-state index < -0.39 is 0 Å². The molecule has 0 bridgehead atoms. The first-order valence-corrected chi connectivity index (χ1v) is 13.3. The van der Waals surface area contributed by atoms with Gasteiger partial charge in [0.15, 0.2) is 6.20 Å². The second-order valence-electron chi connectivity index (χ2n) is 11.8. The average molecular weight is 493 g/mol. The van der Waals surface area contributed by atoms with Gasteiger partial charge in [-0.15, -0.1) is 12.6 Å². The number of benzene rings is 3. The van der Waals surface area contributed by atoms with Crippen molar-refractivity contribution < 1.29 is 8.98 Å². The molecule has 3 heteroatoms. The summed E-state index contributed by atoms with van der Waals surface area (Å²) in [7, 11) is 2.09. The Hall–Kier alpha value is -3.04. The maximum Gasteiger partial charge on any atom is 0.216 e. The maximum atomic E-state index is 6.80. The molecule has 2 aromatic heterocycles. The van der Waals surface area contributed by atoms with Crippen molar-refractivity contribution in [2.45, 2.75) is 63.2 Å². The van der Waals surface area contributed by atoms with Crippen molar-refractivity contribution in [3.05, 3.63) is 83.6 Å². The summed E-state index contributed by atoms with van der Waals surface area (Å²) >= 11 is 4.83. The minimum Gasteiger partial charge on any atom is -0.454 e. The lowest BCUT2D eigenvalue weighted by molar-refractivity contribution is -0.660. The molecule has 36 heavy (non-hydrogen) atoms. The number of furan rings is 1. The highest BCUT2D eigenvalue weighted by Crippen LogP contribution is 2.48. The number of thiol groups is 1. The monoisotopic (exact) mass is 492 g/mol. The number of fused-ring (bicyclic) bond motifs is 4. The molecule has 0 amide bonds. The van der Waals surface area contributed by atoms with Crippen LogP contribution < -0.4 is 4.57 Å². The van der Waals surface area contributed by atoms with Gasteiger partial charge in [-0.25, -0.2) is 4.57 Å². The van der Waals surface area contributed by atoms with E-state index in [2.05, 4.69) is 113 Å². The van der Waals surface area contributed by atoms with Crippen LogP contribution >= 0.6 is 12.6 Å². The molecule has 1 aliphatic rings. The van der Waals surface area contributed by atoms with Gasteiger partial charge in [0.2, 0.25) is 5.69 Å². The maximum absolute atomic E-state index is 6.80. The van der Waals surface area contributed by atoms with Gasteiger partial charge in [0, 0.05) is 33.4 Å². The summed E-state index contributed by atoms with van der Waals surface area (Å²) in [4.78, 5) is 0.949. The standard InChI is InChI=1S/C33H33NOS/c1-20-10-12-23-25-19-22(36)18-24(30(25)35-31(23)29(20)28-9-7-8-16-34(28)6)21-11-13-26-27(17-21)33(4,5)15-14-32(26,2)3/h7-13,16-19H,14-15H2,1-6H3/p+1. The molecular weight excluding hydrogens is 458 g/mol. The summed E-state index contributed by atoms with van der Waals surface area (Å²) in [5, 5.41) is 2.25. The van der Waals surface area contributed by atoms with E-state index in [4.69, 9.17) is 17.0 Å². The number of aromatic nitrogens is 1. The summed E-state index contributed by atoms with van der Waals surface area (Å²) in [6, 6.07) is 22.0. The van der Waals surface area contributed by atoms with Crippen LogP contribution in [0.4, 0.5) is 0 Å². The Balaban J connectivity index is 1.65. The highest BCUT2D eigenvalue weighted by Gasteiger charge is 2.37. The van der Waals surface area contributed by atoms with Crippen molar-refractivity contribution in [2.75, 3.05) is 0 Å². The van der Waals surface area contributed by atoms with E-state index >= 15 is 0 Å². The third kappa shape index (κ3) is 3.51. The highest BCUT2D eigenvalue weighted by molar-refractivity contribution is 7.80. The van der Waals surface area contributed by atoms with Crippen molar-refractivity contribution in [1.29, 1.82) is 0 Å². The van der Waals surface area contributed by atoms with Gasteiger partial charge < -0.3 is 4.42 Å². The Morgan fingerprint density at radius 3 is 2.31 bits per heavy atom. The molecule has 2 heterocycles. The van der Waals surface area contributed by atoms with Crippen LogP contribution in [0.2, 0.25) is 0 Å². The number of hydrogen-bond acceptors (Lipinski definition) is 2. The van der Waals surface area contributed by atoms with Crippen LogP contribution in [0.1, 0.15) is 57.2 Å². The van der Waals surface area contributed by atoms with Crippen LogP contribution in [0.25, 0.3) is 44.3 Å². The average Bonchev–Trinajstić information content (AvgIpc) is 3.20. The second kappa shape index (κ2) is 7.98. The van der Waals surface area contributed by atoms with Crippen LogP contribution in [0.5, 0.6) is 0 Å². The Bertz CT molecular complexity index is 1670. The fourth-order valence-electron chi connectivity index (χ4n) is 6.10. The molecule has 0 spiro atoms. The summed E-state index contributed by atoms with van der Waals surface area (Å²) in [6.07, 6.45) is 4.50. The quantitative estimate of drug-likeness (QED) is 0.193. The van der Waals surface area contributed by atoms with Crippen LogP contribution in [-0.2, 0) is 17.9 Å². The summed E-state index contributed by atoms with van der Waals surface area (Å²) < 4.78 is 8.96. The smallest absolute Gasteiger partial charge is 0.216 e. The number of pyridine rings is 1. The van der Waals surface area contributed by atoms with Gasteiger partial charge in [0.1, 0.15) is 18.2 Å². The molecule has 0 atom stereocenters. The second-order valence-corrected chi connectivity index (χ2v) is 12.3. The molecule has 0 fully saturated rings. The molecule has 3 aromatic carbocycles. The van der Waals surface area contributed by atoms with E-state index in [9.17, 15) is 0 Å². The molecule has 0 saturated heterocycles. The molecule has 0 unspecified atom stereocenters. The first kappa shape index (κ1) is 23.4. The SMILES string of the molecule is Cc1ccc2c(oc3c(-c4ccc5c(c4)C(C)(C)CCC5(C)C)cc(S)cc32)c1-c1cccc[n+]1C. The van der Waals surface area contributed by atoms with Gasteiger partial charge in [-0.3, -0.25) is 0 Å². The molecule has 0 radical (unpaired) electrons. The number of nitrogens with zero attached hydrogens (tertiary/aromatic N) is 1. The van der Waals surface area contributed by atoms with Gasteiger partial charge >= 0.3 is 0 Å². The fraction of sp³-hybridized carbons (Fsp3) is 0.303. The molecule has 0 aliphatic heterocycles. The molecule has 1 aliphatic carbocycles. The predicted molar refractivity (Wildman–Crippen MR) is 153 cm³/mol. The van der Waals surface area contributed by atoms with E-state index in [0.717, 1.165) is 43.7 Å². The first-order chi connectivity index (χ1) is 17.1.